The van der Waals surface area contributed by atoms with Crippen LogP contribution in [0.5, 0.6) is 0 Å². The molecule has 1 aliphatic rings. The van der Waals surface area contributed by atoms with Gasteiger partial charge in [-0.15, -0.1) is 0 Å². The molecular formula is C19H17N3O3S. The number of benzene rings is 1. The van der Waals surface area contributed by atoms with E-state index in [1.54, 1.807) is 19.1 Å². The molecule has 0 saturated carbocycles. The molecule has 1 aliphatic heterocycles. The number of furan rings is 1. The van der Waals surface area contributed by atoms with E-state index < -0.39 is 17.4 Å². The standard InChI is InChI=1S/C19H17N3O3S/c1-19(12-6-3-2-4-7-12)14(10-20)16(23)15(18(26)22-19)17(24)21-11-13-8-5-9-25-13/h2-9,14,23H,11H2,1H3,(H,21,24)(H,22,26). The predicted octanol–water partition coefficient (Wildman–Crippen LogP) is 2.69. The fraction of sp³-hybridized carbons (Fsp3) is 0.211. The summed E-state index contributed by atoms with van der Waals surface area (Å²) in [4.78, 5) is 12.6. The maximum atomic E-state index is 12.5. The molecule has 3 N–H and O–H groups in total. The highest BCUT2D eigenvalue weighted by Crippen LogP contribution is 2.38. The van der Waals surface area contributed by atoms with Gasteiger partial charge in [0.25, 0.3) is 5.91 Å². The third-order valence-electron chi connectivity index (χ3n) is 4.44. The Morgan fingerprint density at radius 3 is 2.73 bits per heavy atom. The van der Waals surface area contributed by atoms with Gasteiger partial charge in [0.2, 0.25) is 0 Å². The molecule has 132 valence electrons. The number of nitriles is 1. The van der Waals surface area contributed by atoms with Gasteiger partial charge in [0.1, 0.15) is 28.0 Å². The molecule has 0 radical (unpaired) electrons. The molecule has 1 aromatic heterocycles. The van der Waals surface area contributed by atoms with Crippen LogP contribution >= 0.6 is 12.2 Å². The van der Waals surface area contributed by atoms with Crippen LogP contribution in [0.1, 0.15) is 18.2 Å². The minimum absolute atomic E-state index is 0.0912. The zero-order valence-corrected chi connectivity index (χ0v) is 14.8. The Labute approximate surface area is 156 Å². The lowest BCUT2D eigenvalue weighted by Gasteiger charge is -2.40. The molecule has 0 spiro atoms. The highest BCUT2D eigenvalue weighted by atomic mass is 32.1. The number of thiocarbonyl (C=S) groups is 1. The Morgan fingerprint density at radius 1 is 1.38 bits per heavy atom. The second kappa shape index (κ2) is 7.02. The van der Waals surface area contributed by atoms with Gasteiger partial charge < -0.3 is 20.2 Å². The fourth-order valence-electron chi connectivity index (χ4n) is 3.01. The zero-order chi connectivity index (χ0) is 18.7. The maximum absolute atomic E-state index is 12.5. The summed E-state index contributed by atoms with van der Waals surface area (Å²) < 4.78 is 5.16. The number of nitrogens with zero attached hydrogens (tertiary/aromatic N) is 1. The normalized spacial score (nSPS) is 22.5. The van der Waals surface area contributed by atoms with Crippen LogP contribution in [0.4, 0.5) is 0 Å². The van der Waals surface area contributed by atoms with Crippen LogP contribution in [-0.4, -0.2) is 16.0 Å². The molecule has 0 saturated heterocycles. The fourth-order valence-corrected chi connectivity index (χ4v) is 3.42. The van der Waals surface area contributed by atoms with E-state index in [4.69, 9.17) is 16.6 Å². The van der Waals surface area contributed by atoms with Gasteiger partial charge in [0.05, 0.1) is 24.4 Å². The van der Waals surface area contributed by atoms with Crippen molar-refractivity contribution in [1.29, 1.82) is 5.26 Å². The quantitative estimate of drug-likeness (QED) is 0.719. The average Bonchev–Trinajstić information content (AvgIpc) is 3.14. The van der Waals surface area contributed by atoms with Crippen molar-refractivity contribution < 1.29 is 14.3 Å². The number of aliphatic hydroxyl groups excluding tert-OH is 1. The van der Waals surface area contributed by atoms with Gasteiger partial charge in [0, 0.05) is 0 Å². The van der Waals surface area contributed by atoms with Gasteiger partial charge >= 0.3 is 0 Å². The molecule has 2 heterocycles. The number of hydrogen-bond donors (Lipinski definition) is 3. The maximum Gasteiger partial charge on any atom is 0.258 e. The second-order valence-electron chi connectivity index (χ2n) is 6.11. The van der Waals surface area contributed by atoms with Crippen molar-refractivity contribution in [3.05, 3.63) is 71.4 Å². The van der Waals surface area contributed by atoms with Gasteiger partial charge in [-0.3, -0.25) is 4.79 Å². The van der Waals surface area contributed by atoms with Crippen molar-refractivity contribution in [1.82, 2.24) is 10.6 Å². The average molecular weight is 367 g/mol. The summed E-state index contributed by atoms with van der Waals surface area (Å²) in [6.07, 6.45) is 1.50. The molecule has 1 aromatic carbocycles. The molecule has 0 bridgehead atoms. The Hall–Kier alpha value is -3.11. The monoisotopic (exact) mass is 367 g/mol. The molecule has 2 unspecified atom stereocenters. The van der Waals surface area contributed by atoms with Crippen molar-refractivity contribution >= 4 is 23.1 Å². The lowest BCUT2D eigenvalue weighted by molar-refractivity contribution is -0.117. The third kappa shape index (κ3) is 3.07. The molecule has 7 heteroatoms. The Bertz CT molecular complexity index is 900. The number of hydrogen-bond acceptors (Lipinski definition) is 5. The van der Waals surface area contributed by atoms with Crippen LogP contribution in [0.15, 0.2) is 64.5 Å². The number of carbonyl (C=O) groups excluding carboxylic acids is 1. The van der Waals surface area contributed by atoms with Gasteiger partial charge in [0.15, 0.2) is 0 Å². The number of carbonyl (C=O) groups is 1. The molecule has 0 aliphatic carbocycles. The summed E-state index contributed by atoms with van der Waals surface area (Å²) in [6, 6.07) is 14.7. The summed E-state index contributed by atoms with van der Waals surface area (Å²) in [5, 5.41) is 26.0. The van der Waals surface area contributed by atoms with E-state index in [9.17, 15) is 15.2 Å². The van der Waals surface area contributed by atoms with Crippen LogP contribution in [0.3, 0.4) is 0 Å². The molecule has 6 nitrogen and oxygen atoms in total. The first kappa shape index (κ1) is 17.7. The lowest BCUT2D eigenvalue weighted by Crippen LogP contribution is -2.54. The van der Waals surface area contributed by atoms with E-state index in [0.717, 1.165) is 5.56 Å². The molecule has 3 rings (SSSR count). The summed E-state index contributed by atoms with van der Waals surface area (Å²) in [6.45, 7) is 1.93. The van der Waals surface area contributed by atoms with Crippen molar-refractivity contribution in [3.8, 4) is 6.07 Å². The zero-order valence-electron chi connectivity index (χ0n) is 14.0. The molecule has 26 heavy (non-hydrogen) atoms. The third-order valence-corrected chi connectivity index (χ3v) is 4.75. The summed E-state index contributed by atoms with van der Waals surface area (Å²) in [7, 11) is 0. The van der Waals surface area contributed by atoms with E-state index in [0.29, 0.717) is 5.76 Å². The number of aliphatic hydroxyl groups is 1. The van der Waals surface area contributed by atoms with Crippen LogP contribution in [-0.2, 0) is 16.9 Å². The molecule has 0 fully saturated rings. The van der Waals surface area contributed by atoms with E-state index >= 15 is 0 Å². The van der Waals surface area contributed by atoms with Gasteiger partial charge in [-0.25, -0.2) is 0 Å². The minimum Gasteiger partial charge on any atom is -0.510 e. The second-order valence-corrected chi connectivity index (χ2v) is 6.52. The van der Waals surface area contributed by atoms with Crippen molar-refractivity contribution in [2.45, 2.75) is 19.0 Å². The summed E-state index contributed by atoms with van der Waals surface area (Å²) >= 11 is 5.32. The Kier molecular flexibility index (Phi) is 4.78. The highest BCUT2D eigenvalue weighted by Gasteiger charge is 2.46. The molecule has 1 amide bonds. The van der Waals surface area contributed by atoms with Crippen LogP contribution in [0.25, 0.3) is 0 Å². The van der Waals surface area contributed by atoms with E-state index in [2.05, 4.69) is 16.7 Å². The molecule has 2 atom stereocenters. The number of rotatable bonds is 4. The van der Waals surface area contributed by atoms with Crippen molar-refractivity contribution in [2.24, 2.45) is 5.92 Å². The van der Waals surface area contributed by atoms with E-state index in [-0.39, 0.29) is 22.9 Å². The van der Waals surface area contributed by atoms with E-state index in [1.807, 2.05) is 30.3 Å². The van der Waals surface area contributed by atoms with Crippen LogP contribution < -0.4 is 10.6 Å². The van der Waals surface area contributed by atoms with Crippen molar-refractivity contribution in [3.63, 3.8) is 0 Å². The first-order valence-electron chi connectivity index (χ1n) is 7.98. The largest absolute Gasteiger partial charge is 0.510 e. The van der Waals surface area contributed by atoms with Gasteiger partial charge in [-0.1, -0.05) is 42.5 Å². The van der Waals surface area contributed by atoms with Gasteiger partial charge in [-0.05, 0) is 24.6 Å². The lowest BCUT2D eigenvalue weighted by atomic mass is 9.75. The van der Waals surface area contributed by atoms with Crippen LogP contribution in [0, 0.1) is 17.2 Å². The first-order chi connectivity index (χ1) is 12.5. The summed E-state index contributed by atoms with van der Waals surface area (Å²) in [5.41, 5.74) is -0.246. The Balaban J connectivity index is 1.92. The number of amides is 1. The summed E-state index contributed by atoms with van der Waals surface area (Å²) in [5.74, 6) is -1.30. The van der Waals surface area contributed by atoms with Crippen LogP contribution in [0.2, 0.25) is 0 Å². The topological polar surface area (TPSA) is 98.3 Å². The van der Waals surface area contributed by atoms with E-state index in [1.165, 1.54) is 6.26 Å². The minimum atomic E-state index is -0.971. The van der Waals surface area contributed by atoms with Crippen molar-refractivity contribution in [2.75, 3.05) is 0 Å². The molecule has 2 aromatic rings. The SMILES string of the molecule is CC1(c2ccccc2)NC(=S)C(C(=O)NCc2ccco2)=C(O)C1C#N. The van der Waals surface area contributed by atoms with Gasteiger partial charge in [-0.2, -0.15) is 5.26 Å². The number of nitrogens with one attached hydrogen (secondary N) is 2. The molecular weight excluding hydrogens is 350 g/mol. The Morgan fingerprint density at radius 2 is 2.12 bits per heavy atom. The first-order valence-corrected chi connectivity index (χ1v) is 8.39. The smallest absolute Gasteiger partial charge is 0.258 e. The predicted molar refractivity (Wildman–Crippen MR) is 98.8 cm³/mol. The highest BCUT2D eigenvalue weighted by molar-refractivity contribution is 7.80.